The lowest BCUT2D eigenvalue weighted by atomic mass is 9.92. The average Bonchev–Trinajstić information content (AvgIpc) is 2.28. The van der Waals surface area contributed by atoms with E-state index in [1.54, 1.807) is 0 Å². The lowest BCUT2D eigenvalue weighted by molar-refractivity contribution is -0.505. The van der Waals surface area contributed by atoms with Gasteiger partial charge in [-0.15, -0.1) is 0 Å². The van der Waals surface area contributed by atoms with Crippen LogP contribution in [0.25, 0.3) is 0 Å². The molecule has 0 bridgehead atoms. The number of rotatable bonds is 1. The zero-order chi connectivity index (χ0) is 13.3. The van der Waals surface area contributed by atoms with Gasteiger partial charge in [0.1, 0.15) is 5.69 Å². The lowest BCUT2D eigenvalue weighted by Crippen LogP contribution is -3.00. The van der Waals surface area contributed by atoms with E-state index in [0.29, 0.717) is 0 Å². The van der Waals surface area contributed by atoms with Crippen molar-refractivity contribution in [2.45, 2.75) is 27.2 Å². The van der Waals surface area contributed by atoms with Gasteiger partial charge in [0, 0.05) is 11.4 Å². The fraction of sp³-hybridized carbons (Fsp3) is 0.533. The van der Waals surface area contributed by atoms with Crippen LogP contribution >= 0.6 is 11.6 Å². The molecule has 0 N–H and O–H groups in total. The number of anilines is 1. The van der Waals surface area contributed by atoms with Crippen LogP contribution in [0.15, 0.2) is 24.3 Å². The molecular weight excluding hydrogens is 371 g/mol. The van der Waals surface area contributed by atoms with Gasteiger partial charge in [-0.05, 0) is 45.0 Å². The Labute approximate surface area is 138 Å². The third-order valence-corrected chi connectivity index (χ3v) is 3.55. The highest BCUT2D eigenvalue weighted by molar-refractivity contribution is 6.30. The summed E-state index contributed by atoms with van der Waals surface area (Å²) in [5, 5.41) is 0.793. The van der Waals surface area contributed by atoms with Crippen molar-refractivity contribution < 1.29 is 28.6 Å². The van der Waals surface area contributed by atoms with Gasteiger partial charge in [0.25, 0.3) is 5.84 Å². The second-order valence-corrected chi connectivity index (χ2v) is 6.41. The molecule has 0 aliphatic carbocycles. The second-order valence-electron chi connectivity index (χ2n) is 5.98. The molecule has 4 heteroatoms. The van der Waals surface area contributed by atoms with Crippen LogP contribution < -0.4 is 28.9 Å². The van der Waals surface area contributed by atoms with Crippen molar-refractivity contribution >= 4 is 23.1 Å². The Balaban J connectivity index is 0.00000180. The topological polar surface area (TPSA) is 6.25 Å². The summed E-state index contributed by atoms with van der Waals surface area (Å²) in [7, 11) is 2.18. The molecule has 1 heterocycles. The molecule has 0 atom stereocenters. The van der Waals surface area contributed by atoms with Crippen molar-refractivity contribution in [1.82, 2.24) is 0 Å². The molecule has 0 aromatic heterocycles. The molecule has 0 spiro atoms. The van der Waals surface area contributed by atoms with Gasteiger partial charge in [-0.2, -0.15) is 0 Å². The lowest BCUT2D eigenvalue weighted by Gasteiger charge is -2.32. The van der Waals surface area contributed by atoms with Crippen LogP contribution in [-0.4, -0.2) is 30.5 Å². The van der Waals surface area contributed by atoms with Crippen LogP contribution in [0.3, 0.4) is 0 Å². The van der Waals surface area contributed by atoms with E-state index in [2.05, 4.69) is 49.4 Å². The number of nitrogens with zero attached hydrogens (tertiary/aromatic N) is 2. The molecule has 0 saturated carbocycles. The van der Waals surface area contributed by atoms with Gasteiger partial charge < -0.3 is 24.0 Å². The zero-order valence-corrected chi connectivity index (χ0v) is 15.0. The first-order chi connectivity index (χ1) is 8.39. The van der Waals surface area contributed by atoms with Crippen molar-refractivity contribution in [3.63, 3.8) is 0 Å². The number of benzene rings is 1. The molecule has 1 aliphatic rings. The van der Waals surface area contributed by atoms with E-state index < -0.39 is 0 Å². The van der Waals surface area contributed by atoms with Crippen LogP contribution in [-0.2, 0) is 0 Å². The van der Waals surface area contributed by atoms with Gasteiger partial charge in [0.2, 0.25) is 0 Å². The van der Waals surface area contributed by atoms with Gasteiger partial charge in [-0.3, -0.25) is 4.58 Å². The highest BCUT2D eigenvalue weighted by Gasteiger charge is 2.36. The van der Waals surface area contributed by atoms with E-state index in [0.717, 1.165) is 18.1 Å². The van der Waals surface area contributed by atoms with E-state index in [4.69, 9.17) is 11.6 Å². The minimum atomic E-state index is 0. The fourth-order valence-electron chi connectivity index (χ4n) is 2.73. The van der Waals surface area contributed by atoms with Crippen molar-refractivity contribution in [3.05, 3.63) is 29.3 Å². The molecule has 0 amide bonds. The maximum absolute atomic E-state index is 5.97. The first kappa shape index (κ1) is 16.8. The van der Waals surface area contributed by atoms with Crippen LogP contribution in [0.4, 0.5) is 5.69 Å². The van der Waals surface area contributed by atoms with Crippen LogP contribution in [0.2, 0.25) is 5.02 Å². The number of hydrogen-bond acceptors (Lipinski definition) is 1. The molecule has 19 heavy (non-hydrogen) atoms. The van der Waals surface area contributed by atoms with E-state index in [9.17, 15) is 0 Å². The molecule has 1 aromatic rings. The summed E-state index contributed by atoms with van der Waals surface area (Å²) in [4.78, 5) is 2.42. The summed E-state index contributed by atoms with van der Waals surface area (Å²) in [5.74, 6) is 1.39. The van der Waals surface area contributed by atoms with Gasteiger partial charge >= 0.3 is 0 Å². The molecule has 1 aromatic carbocycles. The van der Waals surface area contributed by atoms with Crippen molar-refractivity contribution in [1.29, 1.82) is 0 Å². The van der Waals surface area contributed by atoms with Gasteiger partial charge in [-0.25, -0.2) is 4.90 Å². The molecule has 0 saturated heterocycles. The smallest absolute Gasteiger partial charge is 0.257 e. The van der Waals surface area contributed by atoms with E-state index >= 15 is 0 Å². The summed E-state index contributed by atoms with van der Waals surface area (Å²) in [6.45, 7) is 9.03. The molecule has 0 radical (unpaired) electrons. The molecule has 106 valence electrons. The van der Waals surface area contributed by atoms with Crippen LogP contribution in [0.5, 0.6) is 0 Å². The molecule has 0 fully saturated rings. The first-order valence-corrected chi connectivity index (χ1v) is 6.89. The third kappa shape index (κ3) is 3.85. The Morgan fingerprint density at radius 1 is 1.16 bits per heavy atom. The summed E-state index contributed by atoms with van der Waals surface area (Å²) in [5.41, 5.74) is 1.38. The second kappa shape index (κ2) is 6.44. The average molecular weight is 393 g/mol. The largest absolute Gasteiger partial charge is 1.00 e. The van der Waals surface area contributed by atoms with E-state index in [-0.39, 0.29) is 29.4 Å². The number of amidine groups is 1. The SMILES string of the molecule is C[N+]1=C(C(C)(C)C)N(c2ccc(Cl)cc2)CCC1.[I-]. The predicted octanol–water partition coefficient (Wildman–Crippen LogP) is 0.641. The molecule has 1 aliphatic heterocycles. The standard InChI is InChI=1S/C15H22ClN2.HI/c1-15(2,3)14-17(4)10-5-11-18(14)13-8-6-12(16)7-9-13;/h6-9H,5,10-11H2,1-4H3;1H/q+1;/p-1. The first-order valence-electron chi connectivity index (χ1n) is 6.51. The summed E-state index contributed by atoms with van der Waals surface area (Å²) in [6, 6.07) is 8.14. The maximum Gasteiger partial charge on any atom is 0.257 e. The van der Waals surface area contributed by atoms with Crippen LogP contribution in [0.1, 0.15) is 27.2 Å². The minimum Gasteiger partial charge on any atom is -1.00 e. The van der Waals surface area contributed by atoms with E-state index in [1.807, 2.05) is 12.1 Å². The quantitative estimate of drug-likeness (QED) is 0.502. The van der Waals surface area contributed by atoms with Crippen LogP contribution in [0, 0.1) is 5.41 Å². The van der Waals surface area contributed by atoms with Crippen molar-refractivity contribution in [2.24, 2.45) is 5.41 Å². The monoisotopic (exact) mass is 392 g/mol. The Bertz CT molecular complexity index is 460. The summed E-state index contributed by atoms with van der Waals surface area (Å²) >= 11 is 5.97. The van der Waals surface area contributed by atoms with E-state index in [1.165, 1.54) is 17.9 Å². The Morgan fingerprint density at radius 2 is 1.74 bits per heavy atom. The number of halogens is 2. The van der Waals surface area contributed by atoms with Crippen molar-refractivity contribution in [2.75, 3.05) is 25.0 Å². The molecule has 0 unspecified atom stereocenters. The summed E-state index contributed by atoms with van der Waals surface area (Å²) < 4.78 is 2.37. The van der Waals surface area contributed by atoms with Gasteiger partial charge in [0.05, 0.1) is 25.6 Å². The minimum absolute atomic E-state index is 0. The zero-order valence-electron chi connectivity index (χ0n) is 12.1. The Kier molecular flexibility index (Phi) is 5.68. The summed E-state index contributed by atoms with van der Waals surface area (Å²) in [6.07, 6.45) is 1.19. The third-order valence-electron chi connectivity index (χ3n) is 3.30. The molecular formula is C15H22ClIN2. The highest BCUT2D eigenvalue weighted by atomic mass is 127. The molecule has 2 nitrogen and oxygen atoms in total. The maximum atomic E-state index is 5.97. The van der Waals surface area contributed by atoms with Crippen molar-refractivity contribution in [3.8, 4) is 0 Å². The normalized spacial score (nSPS) is 16.4. The fourth-order valence-corrected chi connectivity index (χ4v) is 2.86. The molecule has 2 rings (SSSR count). The Morgan fingerprint density at radius 3 is 2.26 bits per heavy atom. The highest BCUT2D eigenvalue weighted by Crippen LogP contribution is 2.27. The number of hydrogen-bond donors (Lipinski definition) is 0. The van der Waals surface area contributed by atoms with Gasteiger partial charge in [0.15, 0.2) is 0 Å². The predicted molar refractivity (Wildman–Crippen MR) is 78.9 cm³/mol. The Hall–Kier alpha value is -0.290. The van der Waals surface area contributed by atoms with Gasteiger partial charge in [-0.1, -0.05) is 11.6 Å².